The highest BCUT2D eigenvalue weighted by atomic mass is 32.1. The molecule has 3 nitrogen and oxygen atoms in total. The Morgan fingerprint density at radius 3 is 3.00 bits per heavy atom. The van der Waals surface area contributed by atoms with Crippen molar-refractivity contribution < 1.29 is 5.11 Å². The maximum absolute atomic E-state index is 9.79. The molecule has 0 aliphatic heterocycles. The lowest BCUT2D eigenvalue weighted by atomic mass is 9.92. The van der Waals surface area contributed by atoms with E-state index in [0.717, 1.165) is 30.8 Å². The van der Waals surface area contributed by atoms with Crippen molar-refractivity contribution in [3.8, 4) is 0 Å². The van der Waals surface area contributed by atoms with Crippen LogP contribution in [-0.4, -0.2) is 28.8 Å². The number of aliphatic hydroxyl groups is 1. The molecular weight excluding hydrogens is 220 g/mol. The molecule has 2 atom stereocenters. The van der Waals surface area contributed by atoms with Crippen LogP contribution in [0.5, 0.6) is 0 Å². The van der Waals surface area contributed by atoms with E-state index in [2.05, 4.69) is 15.7 Å². The fourth-order valence-corrected chi connectivity index (χ4v) is 2.91. The molecule has 1 heterocycles. The van der Waals surface area contributed by atoms with Gasteiger partial charge in [0.25, 0.3) is 0 Å². The van der Waals surface area contributed by atoms with Crippen molar-refractivity contribution in [2.24, 2.45) is 0 Å². The summed E-state index contributed by atoms with van der Waals surface area (Å²) in [6.45, 7) is 2.96. The van der Waals surface area contributed by atoms with Crippen molar-refractivity contribution in [1.82, 2.24) is 10.3 Å². The SMILES string of the molecule is Cc1nc(CCN[C@@H]2CCCC[C@H]2O)cs1. The summed E-state index contributed by atoms with van der Waals surface area (Å²) < 4.78 is 0. The Labute approximate surface area is 101 Å². The second kappa shape index (κ2) is 5.75. The second-order valence-electron chi connectivity index (χ2n) is 4.52. The zero-order valence-corrected chi connectivity index (χ0v) is 10.6. The first kappa shape index (κ1) is 12.0. The summed E-state index contributed by atoms with van der Waals surface area (Å²) in [6.07, 6.45) is 5.29. The highest BCUT2D eigenvalue weighted by Crippen LogP contribution is 2.18. The molecule has 0 spiro atoms. The van der Waals surface area contributed by atoms with E-state index in [0.29, 0.717) is 6.04 Å². The number of hydrogen-bond donors (Lipinski definition) is 2. The Balaban J connectivity index is 1.71. The number of thiazole rings is 1. The Hall–Kier alpha value is -0.450. The Bertz CT molecular complexity index is 327. The normalized spacial score (nSPS) is 25.9. The number of hydrogen-bond acceptors (Lipinski definition) is 4. The van der Waals surface area contributed by atoms with Gasteiger partial charge in [-0.3, -0.25) is 0 Å². The molecule has 1 aromatic rings. The Morgan fingerprint density at radius 1 is 1.50 bits per heavy atom. The largest absolute Gasteiger partial charge is 0.392 e. The smallest absolute Gasteiger partial charge is 0.0897 e. The minimum absolute atomic E-state index is 0.147. The van der Waals surface area contributed by atoms with E-state index in [4.69, 9.17) is 0 Å². The van der Waals surface area contributed by atoms with Gasteiger partial charge in [-0.25, -0.2) is 4.98 Å². The molecule has 1 fully saturated rings. The molecule has 4 heteroatoms. The molecule has 1 saturated carbocycles. The third-order valence-electron chi connectivity index (χ3n) is 3.18. The lowest BCUT2D eigenvalue weighted by molar-refractivity contribution is 0.0913. The van der Waals surface area contributed by atoms with Crippen molar-refractivity contribution in [3.63, 3.8) is 0 Å². The van der Waals surface area contributed by atoms with E-state index in [1.54, 1.807) is 11.3 Å². The maximum Gasteiger partial charge on any atom is 0.0897 e. The molecule has 2 rings (SSSR count). The molecule has 0 amide bonds. The molecule has 2 N–H and O–H groups in total. The van der Waals surface area contributed by atoms with Gasteiger partial charge >= 0.3 is 0 Å². The predicted molar refractivity (Wildman–Crippen MR) is 66.8 cm³/mol. The van der Waals surface area contributed by atoms with Gasteiger partial charge in [-0.05, 0) is 19.8 Å². The van der Waals surface area contributed by atoms with Crippen molar-refractivity contribution in [2.45, 2.75) is 51.2 Å². The molecule has 0 saturated heterocycles. The van der Waals surface area contributed by atoms with Crippen LogP contribution in [0, 0.1) is 6.92 Å². The summed E-state index contributed by atoms with van der Waals surface area (Å²) in [5.41, 5.74) is 1.17. The first-order valence-corrected chi connectivity index (χ1v) is 6.96. The summed E-state index contributed by atoms with van der Waals surface area (Å²) in [7, 11) is 0. The fraction of sp³-hybridized carbons (Fsp3) is 0.750. The van der Waals surface area contributed by atoms with Crippen LogP contribution in [-0.2, 0) is 6.42 Å². The van der Waals surface area contributed by atoms with Gasteiger partial charge < -0.3 is 10.4 Å². The first-order chi connectivity index (χ1) is 7.75. The number of nitrogens with one attached hydrogen (secondary N) is 1. The molecule has 0 aromatic carbocycles. The Morgan fingerprint density at radius 2 is 2.31 bits per heavy atom. The van der Waals surface area contributed by atoms with Crippen LogP contribution in [0.15, 0.2) is 5.38 Å². The third kappa shape index (κ3) is 3.27. The van der Waals surface area contributed by atoms with Crippen molar-refractivity contribution in [1.29, 1.82) is 0 Å². The molecule has 90 valence electrons. The minimum atomic E-state index is -0.147. The van der Waals surface area contributed by atoms with Gasteiger partial charge in [-0.1, -0.05) is 12.8 Å². The van der Waals surface area contributed by atoms with Crippen molar-refractivity contribution in [3.05, 3.63) is 16.1 Å². The van der Waals surface area contributed by atoms with E-state index in [1.807, 2.05) is 6.92 Å². The van der Waals surface area contributed by atoms with Crippen molar-refractivity contribution in [2.75, 3.05) is 6.54 Å². The number of aromatic nitrogens is 1. The van der Waals surface area contributed by atoms with E-state index < -0.39 is 0 Å². The van der Waals surface area contributed by atoms with Crippen LogP contribution in [0.4, 0.5) is 0 Å². The average Bonchev–Trinajstić information content (AvgIpc) is 2.67. The zero-order chi connectivity index (χ0) is 11.4. The van der Waals surface area contributed by atoms with Gasteiger partial charge in [0.1, 0.15) is 0 Å². The van der Waals surface area contributed by atoms with E-state index in [1.165, 1.54) is 18.5 Å². The second-order valence-corrected chi connectivity index (χ2v) is 5.58. The standard InChI is InChI=1S/C12H20N2OS/c1-9-14-10(8-16-9)6-7-13-11-4-2-3-5-12(11)15/h8,11-13,15H,2-7H2,1H3/t11-,12-/m1/s1. The van der Waals surface area contributed by atoms with Gasteiger partial charge in [0.2, 0.25) is 0 Å². The van der Waals surface area contributed by atoms with Crippen LogP contribution < -0.4 is 5.32 Å². The predicted octanol–water partition coefficient (Wildman–Crippen LogP) is 1.89. The molecule has 1 aromatic heterocycles. The first-order valence-electron chi connectivity index (χ1n) is 6.08. The summed E-state index contributed by atoms with van der Waals surface area (Å²) in [5, 5.41) is 16.5. The zero-order valence-electron chi connectivity index (χ0n) is 9.78. The fourth-order valence-electron chi connectivity index (χ4n) is 2.26. The summed E-state index contributed by atoms with van der Waals surface area (Å²) in [6, 6.07) is 0.300. The Kier molecular flexibility index (Phi) is 4.32. The van der Waals surface area contributed by atoms with Gasteiger partial charge in [0.15, 0.2) is 0 Å². The van der Waals surface area contributed by atoms with Crippen LogP contribution in [0.25, 0.3) is 0 Å². The molecule has 0 radical (unpaired) electrons. The minimum Gasteiger partial charge on any atom is -0.392 e. The summed E-state index contributed by atoms with van der Waals surface area (Å²) in [5.74, 6) is 0. The van der Waals surface area contributed by atoms with Gasteiger partial charge in [-0.2, -0.15) is 0 Å². The lowest BCUT2D eigenvalue weighted by Gasteiger charge is -2.28. The number of nitrogens with zero attached hydrogens (tertiary/aromatic N) is 1. The molecule has 0 unspecified atom stereocenters. The van der Waals surface area contributed by atoms with Crippen LogP contribution in [0.3, 0.4) is 0 Å². The van der Waals surface area contributed by atoms with E-state index in [-0.39, 0.29) is 6.10 Å². The van der Waals surface area contributed by atoms with Crippen LogP contribution >= 0.6 is 11.3 Å². The molecule has 1 aliphatic rings. The average molecular weight is 240 g/mol. The lowest BCUT2D eigenvalue weighted by Crippen LogP contribution is -2.42. The number of aliphatic hydroxyl groups excluding tert-OH is 1. The van der Waals surface area contributed by atoms with E-state index >= 15 is 0 Å². The van der Waals surface area contributed by atoms with Crippen molar-refractivity contribution >= 4 is 11.3 Å². The summed E-state index contributed by atoms with van der Waals surface area (Å²) >= 11 is 1.70. The van der Waals surface area contributed by atoms with Gasteiger partial charge in [0.05, 0.1) is 16.8 Å². The quantitative estimate of drug-likeness (QED) is 0.845. The highest BCUT2D eigenvalue weighted by Gasteiger charge is 2.21. The number of aryl methyl sites for hydroxylation is 1. The molecule has 0 bridgehead atoms. The van der Waals surface area contributed by atoms with E-state index in [9.17, 15) is 5.11 Å². The molecular formula is C12H20N2OS. The summed E-state index contributed by atoms with van der Waals surface area (Å²) in [4.78, 5) is 4.43. The number of rotatable bonds is 4. The van der Waals surface area contributed by atoms with Crippen LogP contribution in [0.1, 0.15) is 36.4 Å². The molecule has 1 aliphatic carbocycles. The topological polar surface area (TPSA) is 45.2 Å². The molecule has 16 heavy (non-hydrogen) atoms. The monoisotopic (exact) mass is 240 g/mol. The highest BCUT2D eigenvalue weighted by molar-refractivity contribution is 7.09. The van der Waals surface area contributed by atoms with Gasteiger partial charge in [-0.15, -0.1) is 11.3 Å². The third-order valence-corrected chi connectivity index (χ3v) is 4.01. The van der Waals surface area contributed by atoms with Crippen LogP contribution in [0.2, 0.25) is 0 Å². The maximum atomic E-state index is 9.79. The van der Waals surface area contributed by atoms with Gasteiger partial charge in [0, 0.05) is 24.4 Å².